The highest BCUT2D eigenvalue weighted by molar-refractivity contribution is 7.98. The van der Waals surface area contributed by atoms with Gasteiger partial charge in [0.15, 0.2) is 0 Å². The van der Waals surface area contributed by atoms with Gasteiger partial charge in [0.1, 0.15) is 0 Å². The largest absolute Gasteiger partial charge is 0.378 e. The van der Waals surface area contributed by atoms with Crippen molar-refractivity contribution in [2.24, 2.45) is 0 Å². The van der Waals surface area contributed by atoms with Crippen LogP contribution in [0.1, 0.15) is 60.2 Å². The average Bonchev–Trinajstić information content (AvgIpc) is 2.81. The third-order valence-electron chi connectivity index (χ3n) is 6.68. The van der Waals surface area contributed by atoms with Crippen molar-refractivity contribution in [1.82, 2.24) is 0 Å². The van der Waals surface area contributed by atoms with E-state index in [4.69, 9.17) is 0 Å². The number of allylic oxidation sites excluding steroid dienone is 4. The predicted molar refractivity (Wildman–Crippen MR) is 148 cm³/mol. The summed E-state index contributed by atoms with van der Waals surface area (Å²) in [6.45, 7) is 17.4. The predicted octanol–water partition coefficient (Wildman–Crippen LogP) is 8.97. The van der Waals surface area contributed by atoms with Crippen LogP contribution in [0, 0.1) is 6.92 Å². The third kappa shape index (κ3) is 4.58. The molecule has 0 radical (unpaired) electrons. The smallest absolute Gasteiger partial charge is 0.0489 e. The van der Waals surface area contributed by atoms with E-state index in [1.165, 1.54) is 49.4 Å². The van der Waals surface area contributed by atoms with Crippen LogP contribution in [0.25, 0.3) is 16.7 Å². The van der Waals surface area contributed by atoms with Gasteiger partial charge < -0.3 is 5.32 Å². The lowest BCUT2D eigenvalue weighted by molar-refractivity contribution is 0.862. The Balaban J connectivity index is 1.75. The lowest BCUT2D eigenvalue weighted by atomic mass is 9.77. The first-order valence-electron chi connectivity index (χ1n) is 11.5. The summed E-state index contributed by atoms with van der Waals surface area (Å²) in [5.41, 5.74) is 13.7. The van der Waals surface area contributed by atoms with E-state index in [1.807, 2.05) is 0 Å². The van der Waals surface area contributed by atoms with Crippen molar-refractivity contribution in [3.63, 3.8) is 0 Å². The second kappa shape index (κ2) is 9.49. The Morgan fingerprint density at radius 3 is 2.39 bits per heavy atom. The van der Waals surface area contributed by atoms with E-state index in [9.17, 15) is 0 Å². The van der Waals surface area contributed by atoms with Crippen molar-refractivity contribution < 1.29 is 0 Å². The molecule has 0 saturated heterocycles. The van der Waals surface area contributed by atoms with E-state index < -0.39 is 0 Å². The van der Waals surface area contributed by atoms with Crippen LogP contribution >= 0.6 is 11.8 Å². The molecule has 0 saturated carbocycles. The zero-order valence-corrected chi connectivity index (χ0v) is 21.2. The minimum Gasteiger partial charge on any atom is -0.378 e. The number of anilines is 1. The average molecular weight is 452 g/mol. The summed E-state index contributed by atoms with van der Waals surface area (Å²) in [6, 6.07) is 22.2. The molecule has 33 heavy (non-hydrogen) atoms. The molecule has 0 fully saturated rings. The molecule has 0 amide bonds. The zero-order valence-electron chi connectivity index (χ0n) is 20.4. The molecule has 168 valence electrons. The molecule has 1 N–H and O–H groups in total. The van der Waals surface area contributed by atoms with Crippen molar-refractivity contribution in [2.75, 3.05) is 11.6 Å². The highest BCUT2D eigenvalue weighted by Crippen LogP contribution is 2.42. The lowest BCUT2D eigenvalue weighted by Gasteiger charge is -2.29. The van der Waals surface area contributed by atoms with Gasteiger partial charge in [0.05, 0.1) is 0 Å². The number of hydrogen-bond donors (Lipinski definition) is 1. The molecule has 0 aromatic heterocycles. The highest BCUT2D eigenvalue weighted by Gasteiger charge is 2.25. The molecule has 1 nitrogen and oxygen atoms in total. The lowest BCUT2D eigenvalue weighted by Crippen LogP contribution is -2.15. The molecule has 1 atom stereocenters. The summed E-state index contributed by atoms with van der Waals surface area (Å²) in [5.74, 6) is 0. The number of hydrogen-bond acceptors (Lipinski definition) is 2. The molecule has 4 rings (SSSR count). The fraction of sp³-hybridized carbons (Fsp3) is 0.226. The topological polar surface area (TPSA) is 12.0 Å². The fourth-order valence-corrected chi connectivity index (χ4v) is 5.20. The number of thioether (sulfide) groups is 1. The molecule has 0 spiro atoms. The Morgan fingerprint density at radius 2 is 1.73 bits per heavy atom. The number of fused-ring (bicyclic) bond motifs is 1. The van der Waals surface area contributed by atoms with Crippen LogP contribution in [0.4, 0.5) is 5.69 Å². The maximum absolute atomic E-state index is 4.51. The first kappa shape index (κ1) is 23.2. The van der Waals surface area contributed by atoms with Crippen LogP contribution in [-0.2, 0) is 6.42 Å². The molecule has 2 heteroatoms. The van der Waals surface area contributed by atoms with Crippen LogP contribution in [0.5, 0.6) is 0 Å². The Bertz CT molecular complexity index is 1260. The van der Waals surface area contributed by atoms with Gasteiger partial charge in [-0.1, -0.05) is 61.2 Å². The summed E-state index contributed by atoms with van der Waals surface area (Å²) < 4.78 is 0. The molecular weight excluding hydrogens is 418 g/mol. The van der Waals surface area contributed by atoms with E-state index in [1.54, 1.807) is 11.8 Å². The van der Waals surface area contributed by atoms with Crippen LogP contribution < -0.4 is 5.32 Å². The van der Waals surface area contributed by atoms with Gasteiger partial charge in [0.2, 0.25) is 0 Å². The third-order valence-corrected chi connectivity index (χ3v) is 7.42. The van der Waals surface area contributed by atoms with Gasteiger partial charge in [-0.3, -0.25) is 0 Å². The molecular formula is C31H33NS. The molecule has 0 heterocycles. The van der Waals surface area contributed by atoms with E-state index in [-0.39, 0.29) is 6.04 Å². The standard InChI is InChI=1S/C31H33NS/c1-19(2)26-10-8-9-11-31(26)32-23(6)29-17-20(3)16-28-22(5)21(4)27(18-30(28)29)24-12-14-25(33-7)15-13-24/h8-17,23,32H,1,5,18H2,2-4,6-7H3. The minimum absolute atomic E-state index is 0.158. The number of nitrogens with one attached hydrogen (secondary N) is 1. The van der Waals surface area contributed by atoms with Crippen molar-refractivity contribution in [3.8, 4) is 0 Å². The Kier molecular flexibility index (Phi) is 6.67. The molecule has 0 bridgehead atoms. The van der Waals surface area contributed by atoms with Gasteiger partial charge in [-0.05, 0) is 109 Å². The van der Waals surface area contributed by atoms with Gasteiger partial charge in [-0.2, -0.15) is 0 Å². The Morgan fingerprint density at radius 1 is 1.03 bits per heavy atom. The van der Waals surface area contributed by atoms with Crippen molar-refractivity contribution in [1.29, 1.82) is 0 Å². The van der Waals surface area contributed by atoms with E-state index in [0.717, 1.165) is 23.3 Å². The Hall–Kier alpha value is -2.97. The zero-order chi connectivity index (χ0) is 23.7. The van der Waals surface area contributed by atoms with Crippen LogP contribution in [-0.4, -0.2) is 6.26 Å². The highest BCUT2D eigenvalue weighted by atomic mass is 32.2. The maximum Gasteiger partial charge on any atom is 0.0489 e. The second-order valence-corrected chi connectivity index (χ2v) is 9.94. The molecule has 1 aliphatic rings. The van der Waals surface area contributed by atoms with Gasteiger partial charge in [0.25, 0.3) is 0 Å². The van der Waals surface area contributed by atoms with Crippen molar-refractivity contribution >= 4 is 34.2 Å². The first-order chi connectivity index (χ1) is 15.8. The number of rotatable bonds is 6. The van der Waals surface area contributed by atoms with Crippen molar-refractivity contribution in [3.05, 3.63) is 113 Å². The van der Waals surface area contributed by atoms with Crippen LogP contribution in [0.2, 0.25) is 0 Å². The molecule has 1 aliphatic carbocycles. The van der Waals surface area contributed by atoms with Gasteiger partial charge in [-0.15, -0.1) is 11.8 Å². The van der Waals surface area contributed by atoms with E-state index in [0.29, 0.717) is 0 Å². The quantitative estimate of drug-likeness (QED) is 0.375. The number of para-hydroxylation sites is 1. The first-order valence-corrected chi connectivity index (χ1v) is 12.7. The Labute approximate surface area is 203 Å². The monoisotopic (exact) mass is 451 g/mol. The summed E-state index contributed by atoms with van der Waals surface area (Å²) in [6.07, 6.45) is 3.04. The number of benzene rings is 3. The van der Waals surface area contributed by atoms with Gasteiger partial charge in [0, 0.05) is 16.6 Å². The van der Waals surface area contributed by atoms with Gasteiger partial charge >= 0.3 is 0 Å². The molecule has 0 aliphatic heterocycles. The fourth-order valence-electron chi connectivity index (χ4n) is 4.79. The summed E-state index contributed by atoms with van der Waals surface area (Å²) in [4.78, 5) is 1.29. The number of aryl methyl sites for hydroxylation is 1. The molecule has 1 unspecified atom stereocenters. The molecule has 3 aromatic rings. The second-order valence-electron chi connectivity index (χ2n) is 9.06. The minimum atomic E-state index is 0.158. The van der Waals surface area contributed by atoms with E-state index in [2.05, 4.69) is 113 Å². The SMILES string of the molecule is C=C(C)c1ccccc1NC(C)c1cc(C)cc2c1CC(c1ccc(SC)cc1)=C(C)C2=C. The van der Waals surface area contributed by atoms with Crippen molar-refractivity contribution in [2.45, 2.75) is 45.1 Å². The summed E-state index contributed by atoms with van der Waals surface area (Å²) in [7, 11) is 0. The molecule has 3 aromatic carbocycles. The van der Waals surface area contributed by atoms with Crippen LogP contribution in [0.3, 0.4) is 0 Å². The maximum atomic E-state index is 4.51. The van der Waals surface area contributed by atoms with Gasteiger partial charge in [-0.25, -0.2) is 0 Å². The normalized spacial score (nSPS) is 14.2. The summed E-state index contributed by atoms with van der Waals surface area (Å²) in [5, 5.41) is 3.77. The van der Waals surface area contributed by atoms with E-state index >= 15 is 0 Å². The van der Waals surface area contributed by atoms with Crippen LogP contribution in [0.15, 0.2) is 84.3 Å². The summed E-state index contributed by atoms with van der Waals surface area (Å²) >= 11 is 1.78.